The molecule has 2 atom stereocenters. The Hall–Kier alpha value is -1.20. The van der Waals surface area contributed by atoms with Crippen molar-refractivity contribution in [3.05, 3.63) is 18.5 Å². The van der Waals surface area contributed by atoms with Crippen LogP contribution in [0.15, 0.2) is 18.5 Å². The molecule has 19 heavy (non-hydrogen) atoms. The average molecular weight is 261 g/mol. The predicted octanol–water partition coefficient (Wildman–Crippen LogP) is 0.787. The predicted molar refractivity (Wildman–Crippen MR) is 76.3 cm³/mol. The molecule has 2 aliphatic rings. The van der Waals surface area contributed by atoms with Crippen LogP contribution in [0.25, 0.3) is 0 Å². The first-order valence-electron chi connectivity index (χ1n) is 7.40. The largest absolute Gasteiger partial charge is 0.339 e. The highest BCUT2D eigenvalue weighted by molar-refractivity contribution is 5.29. The van der Waals surface area contributed by atoms with Crippen LogP contribution in [0.4, 0.5) is 5.95 Å². The molecule has 0 aliphatic carbocycles. The van der Waals surface area contributed by atoms with Crippen molar-refractivity contribution in [3.8, 4) is 0 Å². The van der Waals surface area contributed by atoms with Crippen molar-refractivity contribution in [1.82, 2.24) is 20.6 Å². The van der Waals surface area contributed by atoms with Gasteiger partial charge in [-0.15, -0.1) is 0 Å². The van der Waals surface area contributed by atoms with E-state index in [1.54, 1.807) is 0 Å². The fourth-order valence-corrected chi connectivity index (χ4v) is 3.02. The van der Waals surface area contributed by atoms with E-state index in [4.69, 9.17) is 0 Å². The van der Waals surface area contributed by atoms with Crippen molar-refractivity contribution in [2.45, 2.75) is 37.8 Å². The highest BCUT2D eigenvalue weighted by Gasteiger charge is 2.22. The van der Waals surface area contributed by atoms with Crippen LogP contribution in [0, 0.1) is 0 Å². The molecule has 2 aliphatic heterocycles. The minimum Gasteiger partial charge on any atom is -0.339 e. The summed E-state index contributed by atoms with van der Waals surface area (Å²) in [6.07, 6.45) is 8.75. The lowest BCUT2D eigenvalue weighted by Crippen LogP contribution is -2.49. The normalized spacial score (nSPS) is 27.7. The zero-order valence-electron chi connectivity index (χ0n) is 11.4. The molecule has 1 aromatic rings. The maximum atomic E-state index is 4.35. The van der Waals surface area contributed by atoms with Gasteiger partial charge in [0.05, 0.1) is 0 Å². The van der Waals surface area contributed by atoms with Crippen LogP contribution < -0.4 is 15.5 Å². The summed E-state index contributed by atoms with van der Waals surface area (Å²) in [6, 6.07) is 3.11. The van der Waals surface area contributed by atoms with Gasteiger partial charge in [0.1, 0.15) is 0 Å². The summed E-state index contributed by atoms with van der Waals surface area (Å²) in [5, 5.41) is 7.24. The number of nitrogens with zero attached hydrogens (tertiary/aromatic N) is 3. The first kappa shape index (κ1) is 12.8. The molecule has 5 heteroatoms. The van der Waals surface area contributed by atoms with E-state index >= 15 is 0 Å². The summed E-state index contributed by atoms with van der Waals surface area (Å²) in [7, 11) is 0. The summed E-state index contributed by atoms with van der Waals surface area (Å²) in [4.78, 5) is 11.0. The van der Waals surface area contributed by atoms with Crippen molar-refractivity contribution in [2.24, 2.45) is 0 Å². The maximum absolute atomic E-state index is 4.35. The van der Waals surface area contributed by atoms with Gasteiger partial charge in [0.2, 0.25) is 5.95 Å². The topological polar surface area (TPSA) is 53.1 Å². The van der Waals surface area contributed by atoms with Gasteiger partial charge >= 0.3 is 0 Å². The quantitative estimate of drug-likeness (QED) is 0.839. The lowest BCUT2D eigenvalue weighted by molar-refractivity contribution is 0.398. The highest BCUT2D eigenvalue weighted by atomic mass is 15.3. The van der Waals surface area contributed by atoms with E-state index < -0.39 is 0 Å². The third kappa shape index (κ3) is 3.42. The lowest BCUT2D eigenvalue weighted by Gasteiger charge is -2.33. The summed E-state index contributed by atoms with van der Waals surface area (Å²) < 4.78 is 0. The first-order valence-corrected chi connectivity index (χ1v) is 7.40. The van der Waals surface area contributed by atoms with E-state index in [0.717, 1.165) is 25.6 Å². The van der Waals surface area contributed by atoms with E-state index in [1.165, 1.54) is 32.2 Å². The summed E-state index contributed by atoms with van der Waals surface area (Å²) >= 11 is 0. The summed E-state index contributed by atoms with van der Waals surface area (Å²) in [5.41, 5.74) is 0. The van der Waals surface area contributed by atoms with Crippen LogP contribution in [0.3, 0.4) is 0 Å². The molecule has 2 unspecified atom stereocenters. The van der Waals surface area contributed by atoms with Crippen molar-refractivity contribution in [2.75, 3.05) is 31.1 Å². The molecule has 0 radical (unpaired) electrons. The Labute approximate surface area is 114 Å². The Morgan fingerprint density at radius 2 is 2.16 bits per heavy atom. The Balaban J connectivity index is 1.50. The summed E-state index contributed by atoms with van der Waals surface area (Å²) in [5.74, 6) is 0.869. The molecule has 0 spiro atoms. The number of hydrogen-bond acceptors (Lipinski definition) is 5. The molecule has 0 aromatic carbocycles. The van der Waals surface area contributed by atoms with Gasteiger partial charge in [-0.3, -0.25) is 0 Å². The van der Waals surface area contributed by atoms with E-state index in [9.17, 15) is 0 Å². The molecule has 2 fully saturated rings. The molecule has 2 N–H and O–H groups in total. The van der Waals surface area contributed by atoms with Crippen LogP contribution in [0.1, 0.15) is 25.7 Å². The molecular weight excluding hydrogens is 238 g/mol. The van der Waals surface area contributed by atoms with E-state index in [0.29, 0.717) is 12.1 Å². The second kappa shape index (κ2) is 6.30. The molecule has 0 saturated carbocycles. The van der Waals surface area contributed by atoms with Gasteiger partial charge in [-0.25, -0.2) is 9.97 Å². The van der Waals surface area contributed by atoms with E-state index in [2.05, 4.69) is 25.5 Å². The molecule has 104 valence electrons. The SMILES string of the molecule is c1cnc(N2CCCC(NCC3CCCN3)C2)nc1. The van der Waals surface area contributed by atoms with Gasteiger partial charge in [-0.1, -0.05) is 0 Å². The van der Waals surface area contributed by atoms with Gasteiger partial charge in [-0.05, 0) is 38.3 Å². The van der Waals surface area contributed by atoms with Crippen LogP contribution in [-0.2, 0) is 0 Å². The van der Waals surface area contributed by atoms with Gasteiger partial charge < -0.3 is 15.5 Å². The average Bonchev–Trinajstić information content (AvgIpc) is 3.00. The molecule has 3 rings (SSSR count). The Morgan fingerprint density at radius 3 is 2.95 bits per heavy atom. The third-order valence-corrected chi connectivity index (χ3v) is 4.07. The Bertz CT molecular complexity index is 377. The van der Waals surface area contributed by atoms with Crippen LogP contribution in [0.5, 0.6) is 0 Å². The van der Waals surface area contributed by atoms with Crippen LogP contribution in [0.2, 0.25) is 0 Å². The molecule has 3 heterocycles. The molecule has 0 bridgehead atoms. The minimum absolute atomic E-state index is 0.569. The van der Waals surface area contributed by atoms with E-state index in [1.807, 2.05) is 18.5 Å². The monoisotopic (exact) mass is 261 g/mol. The van der Waals surface area contributed by atoms with Crippen LogP contribution in [-0.4, -0.2) is 48.2 Å². The van der Waals surface area contributed by atoms with Gasteiger partial charge in [0, 0.05) is 44.1 Å². The molecule has 2 saturated heterocycles. The number of piperidine rings is 1. The highest BCUT2D eigenvalue weighted by Crippen LogP contribution is 2.15. The number of aromatic nitrogens is 2. The minimum atomic E-state index is 0.569. The number of anilines is 1. The summed E-state index contributed by atoms with van der Waals surface area (Å²) in [6.45, 7) is 4.37. The van der Waals surface area contributed by atoms with Crippen LogP contribution >= 0.6 is 0 Å². The maximum Gasteiger partial charge on any atom is 0.225 e. The molecular formula is C14H23N5. The molecule has 5 nitrogen and oxygen atoms in total. The Kier molecular flexibility index (Phi) is 4.25. The van der Waals surface area contributed by atoms with Crippen molar-refractivity contribution in [3.63, 3.8) is 0 Å². The molecule has 1 aromatic heterocycles. The van der Waals surface area contributed by atoms with Crippen molar-refractivity contribution >= 4 is 5.95 Å². The second-order valence-electron chi connectivity index (χ2n) is 5.54. The smallest absolute Gasteiger partial charge is 0.225 e. The third-order valence-electron chi connectivity index (χ3n) is 4.07. The van der Waals surface area contributed by atoms with Crippen molar-refractivity contribution in [1.29, 1.82) is 0 Å². The number of hydrogen-bond donors (Lipinski definition) is 2. The standard InChI is InChI=1S/C14H23N5/c1-4-12(15-6-1)10-18-13-5-2-9-19(11-13)14-16-7-3-8-17-14/h3,7-8,12-13,15,18H,1-2,4-6,9-11H2. The fraction of sp³-hybridized carbons (Fsp3) is 0.714. The van der Waals surface area contributed by atoms with Gasteiger partial charge in [0.15, 0.2) is 0 Å². The molecule has 0 amide bonds. The van der Waals surface area contributed by atoms with E-state index in [-0.39, 0.29) is 0 Å². The van der Waals surface area contributed by atoms with Gasteiger partial charge in [0.25, 0.3) is 0 Å². The van der Waals surface area contributed by atoms with Crippen molar-refractivity contribution < 1.29 is 0 Å². The first-order chi connectivity index (χ1) is 9.42. The Morgan fingerprint density at radius 1 is 1.26 bits per heavy atom. The fourth-order valence-electron chi connectivity index (χ4n) is 3.02. The zero-order chi connectivity index (χ0) is 12.9. The lowest BCUT2D eigenvalue weighted by atomic mass is 10.1. The zero-order valence-corrected chi connectivity index (χ0v) is 11.4. The number of rotatable bonds is 4. The van der Waals surface area contributed by atoms with Gasteiger partial charge in [-0.2, -0.15) is 0 Å². The number of nitrogens with one attached hydrogen (secondary N) is 2. The second-order valence-corrected chi connectivity index (χ2v) is 5.54.